The standard InChI is InChI=1S/C13H19NO3/c1-10(14-13(2,3)9-15)17-12(16)11-7-5-4-6-8-11/h4-8,10,14-15H,9H2,1-3H3. The molecule has 1 atom stereocenters. The number of ether oxygens (including phenoxy) is 1. The lowest BCUT2D eigenvalue weighted by Crippen LogP contribution is -2.48. The van der Waals surface area contributed by atoms with Crippen LogP contribution in [0.15, 0.2) is 30.3 Å². The number of benzene rings is 1. The van der Waals surface area contributed by atoms with Crippen molar-refractivity contribution in [2.24, 2.45) is 0 Å². The Hall–Kier alpha value is -1.39. The lowest BCUT2D eigenvalue weighted by molar-refractivity contribution is 0.0140. The Bertz CT molecular complexity index is 362. The van der Waals surface area contributed by atoms with Gasteiger partial charge in [-0.15, -0.1) is 0 Å². The molecule has 94 valence electrons. The maximum Gasteiger partial charge on any atom is 0.339 e. The number of aliphatic hydroxyl groups is 1. The first-order chi connectivity index (χ1) is 7.94. The van der Waals surface area contributed by atoms with Gasteiger partial charge in [-0.25, -0.2) is 4.79 Å². The first-order valence-electron chi connectivity index (χ1n) is 5.59. The molecule has 2 N–H and O–H groups in total. The van der Waals surface area contributed by atoms with E-state index in [0.717, 1.165) is 0 Å². The van der Waals surface area contributed by atoms with Crippen molar-refractivity contribution in [3.8, 4) is 0 Å². The van der Waals surface area contributed by atoms with Crippen LogP contribution in [0.25, 0.3) is 0 Å². The summed E-state index contributed by atoms with van der Waals surface area (Å²) in [6.07, 6.45) is -0.454. The quantitative estimate of drug-likeness (QED) is 0.602. The third-order valence-electron chi connectivity index (χ3n) is 2.28. The van der Waals surface area contributed by atoms with Gasteiger partial charge in [-0.3, -0.25) is 5.32 Å². The number of carbonyl (C=O) groups excluding carboxylic acids is 1. The van der Waals surface area contributed by atoms with Crippen LogP contribution < -0.4 is 5.32 Å². The van der Waals surface area contributed by atoms with Gasteiger partial charge in [0.05, 0.1) is 12.2 Å². The molecule has 0 amide bonds. The summed E-state index contributed by atoms with van der Waals surface area (Å²) in [5, 5.41) is 12.1. The van der Waals surface area contributed by atoms with Gasteiger partial charge in [0, 0.05) is 5.54 Å². The summed E-state index contributed by atoms with van der Waals surface area (Å²) in [6, 6.07) is 8.81. The highest BCUT2D eigenvalue weighted by Crippen LogP contribution is 2.06. The molecule has 4 nitrogen and oxygen atoms in total. The van der Waals surface area contributed by atoms with Crippen molar-refractivity contribution < 1.29 is 14.6 Å². The van der Waals surface area contributed by atoms with Crippen LogP contribution in [0.3, 0.4) is 0 Å². The molecule has 4 heteroatoms. The molecule has 0 aliphatic heterocycles. The van der Waals surface area contributed by atoms with Gasteiger partial charge in [0.15, 0.2) is 6.23 Å². The second-order valence-corrected chi connectivity index (χ2v) is 4.60. The van der Waals surface area contributed by atoms with Crippen LogP contribution in [0, 0.1) is 0 Å². The molecule has 0 fully saturated rings. The molecule has 0 radical (unpaired) electrons. The predicted molar refractivity (Wildman–Crippen MR) is 65.6 cm³/mol. The Morgan fingerprint density at radius 1 is 1.41 bits per heavy atom. The Morgan fingerprint density at radius 2 is 2.00 bits per heavy atom. The van der Waals surface area contributed by atoms with E-state index >= 15 is 0 Å². The maximum atomic E-state index is 11.7. The van der Waals surface area contributed by atoms with E-state index < -0.39 is 11.8 Å². The predicted octanol–water partition coefficient (Wildman–Crippen LogP) is 1.55. The zero-order chi connectivity index (χ0) is 12.9. The van der Waals surface area contributed by atoms with Crippen LogP contribution in [-0.2, 0) is 4.74 Å². The Labute approximate surface area is 102 Å². The van der Waals surface area contributed by atoms with E-state index in [-0.39, 0.29) is 12.6 Å². The fourth-order valence-electron chi connectivity index (χ4n) is 1.43. The summed E-state index contributed by atoms with van der Waals surface area (Å²) < 4.78 is 5.21. The molecular formula is C13H19NO3. The zero-order valence-electron chi connectivity index (χ0n) is 10.4. The number of aliphatic hydroxyl groups excluding tert-OH is 1. The summed E-state index contributed by atoms with van der Waals surface area (Å²) in [4.78, 5) is 11.7. The van der Waals surface area contributed by atoms with Gasteiger partial charge in [0.2, 0.25) is 0 Å². The number of esters is 1. The molecule has 1 rings (SSSR count). The van der Waals surface area contributed by atoms with E-state index in [4.69, 9.17) is 9.84 Å². The topological polar surface area (TPSA) is 58.6 Å². The number of rotatable bonds is 5. The minimum Gasteiger partial charge on any atom is -0.443 e. The van der Waals surface area contributed by atoms with Crippen molar-refractivity contribution in [1.82, 2.24) is 5.32 Å². The zero-order valence-corrected chi connectivity index (χ0v) is 10.4. The molecule has 0 saturated carbocycles. The molecule has 17 heavy (non-hydrogen) atoms. The minimum atomic E-state index is -0.476. The second-order valence-electron chi connectivity index (χ2n) is 4.60. The molecule has 0 heterocycles. The van der Waals surface area contributed by atoms with E-state index in [1.54, 1.807) is 31.2 Å². The van der Waals surface area contributed by atoms with Crippen molar-refractivity contribution in [3.05, 3.63) is 35.9 Å². The molecule has 1 unspecified atom stereocenters. The van der Waals surface area contributed by atoms with Crippen molar-refractivity contribution >= 4 is 5.97 Å². The van der Waals surface area contributed by atoms with Gasteiger partial charge in [0.25, 0.3) is 0 Å². The van der Waals surface area contributed by atoms with Crippen molar-refractivity contribution in [3.63, 3.8) is 0 Å². The lowest BCUT2D eigenvalue weighted by atomic mass is 10.1. The molecule has 1 aromatic carbocycles. The summed E-state index contributed by atoms with van der Waals surface area (Å²) in [5.41, 5.74) is 0.0408. The Balaban J connectivity index is 2.52. The molecule has 0 aromatic heterocycles. The highest BCUT2D eigenvalue weighted by atomic mass is 16.6. The van der Waals surface area contributed by atoms with Crippen LogP contribution in [0.1, 0.15) is 31.1 Å². The second kappa shape index (κ2) is 5.80. The normalized spacial score (nSPS) is 13.2. The summed E-state index contributed by atoms with van der Waals surface area (Å²) in [6.45, 7) is 5.37. The molecule has 0 spiro atoms. The number of hydrogen-bond acceptors (Lipinski definition) is 4. The Morgan fingerprint density at radius 3 is 2.53 bits per heavy atom. The maximum absolute atomic E-state index is 11.7. The van der Waals surface area contributed by atoms with E-state index in [2.05, 4.69) is 5.32 Å². The summed E-state index contributed by atoms with van der Waals surface area (Å²) in [7, 11) is 0. The van der Waals surface area contributed by atoms with Gasteiger partial charge in [-0.05, 0) is 32.9 Å². The fraction of sp³-hybridized carbons (Fsp3) is 0.462. The third-order valence-corrected chi connectivity index (χ3v) is 2.28. The van der Waals surface area contributed by atoms with Crippen molar-refractivity contribution in [1.29, 1.82) is 0 Å². The average molecular weight is 237 g/mol. The van der Waals surface area contributed by atoms with E-state index in [1.807, 2.05) is 19.9 Å². The van der Waals surface area contributed by atoms with Crippen molar-refractivity contribution in [2.45, 2.75) is 32.5 Å². The molecule has 0 aliphatic carbocycles. The van der Waals surface area contributed by atoms with Crippen LogP contribution >= 0.6 is 0 Å². The van der Waals surface area contributed by atoms with E-state index in [1.165, 1.54) is 0 Å². The van der Waals surface area contributed by atoms with Gasteiger partial charge >= 0.3 is 5.97 Å². The van der Waals surface area contributed by atoms with Gasteiger partial charge < -0.3 is 9.84 Å². The molecular weight excluding hydrogens is 218 g/mol. The summed E-state index contributed by atoms with van der Waals surface area (Å²) >= 11 is 0. The number of hydrogen-bond donors (Lipinski definition) is 2. The largest absolute Gasteiger partial charge is 0.443 e. The lowest BCUT2D eigenvalue weighted by Gasteiger charge is -2.27. The SMILES string of the molecule is CC(NC(C)(C)CO)OC(=O)c1ccccc1. The molecule has 1 aromatic rings. The first kappa shape index (κ1) is 13.7. The molecule has 0 aliphatic rings. The van der Waals surface area contributed by atoms with Gasteiger partial charge in [0.1, 0.15) is 0 Å². The highest BCUT2D eigenvalue weighted by Gasteiger charge is 2.21. The smallest absolute Gasteiger partial charge is 0.339 e. The molecule has 0 saturated heterocycles. The van der Waals surface area contributed by atoms with Crippen LogP contribution in [-0.4, -0.2) is 29.4 Å². The molecule has 0 bridgehead atoms. The van der Waals surface area contributed by atoms with Crippen molar-refractivity contribution in [2.75, 3.05) is 6.61 Å². The van der Waals surface area contributed by atoms with Crippen LogP contribution in [0.5, 0.6) is 0 Å². The third kappa shape index (κ3) is 4.54. The number of carbonyl (C=O) groups is 1. The van der Waals surface area contributed by atoms with Crippen LogP contribution in [0.2, 0.25) is 0 Å². The average Bonchev–Trinajstić information content (AvgIpc) is 2.29. The van der Waals surface area contributed by atoms with Crippen LogP contribution in [0.4, 0.5) is 0 Å². The first-order valence-corrected chi connectivity index (χ1v) is 5.59. The monoisotopic (exact) mass is 237 g/mol. The number of nitrogens with one attached hydrogen (secondary N) is 1. The fourth-order valence-corrected chi connectivity index (χ4v) is 1.43. The van der Waals surface area contributed by atoms with E-state index in [9.17, 15) is 4.79 Å². The van der Waals surface area contributed by atoms with Gasteiger partial charge in [-0.2, -0.15) is 0 Å². The van der Waals surface area contributed by atoms with E-state index in [0.29, 0.717) is 5.56 Å². The minimum absolute atomic E-state index is 0.0276. The Kier molecular flexibility index (Phi) is 4.66. The highest BCUT2D eigenvalue weighted by molar-refractivity contribution is 5.89. The van der Waals surface area contributed by atoms with Gasteiger partial charge in [-0.1, -0.05) is 18.2 Å². The summed E-state index contributed by atoms with van der Waals surface area (Å²) in [5.74, 6) is -0.376.